The van der Waals surface area contributed by atoms with Crippen molar-refractivity contribution in [3.8, 4) is 0 Å². The number of ketones is 1. The Balaban J connectivity index is 3.23. The first-order valence-corrected chi connectivity index (χ1v) is 4.52. The van der Waals surface area contributed by atoms with Crippen LogP contribution in [-0.2, 0) is 0 Å². The lowest BCUT2D eigenvalue weighted by molar-refractivity contribution is 0.101. The van der Waals surface area contributed by atoms with Crippen LogP contribution in [0.2, 0.25) is 0 Å². The van der Waals surface area contributed by atoms with Crippen molar-refractivity contribution in [2.24, 2.45) is 0 Å². The summed E-state index contributed by atoms with van der Waals surface area (Å²) in [5.74, 6) is -2.11. The molecule has 0 heterocycles. The van der Waals surface area contributed by atoms with Crippen molar-refractivity contribution in [1.29, 1.82) is 0 Å². The van der Waals surface area contributed by atoms with Crippen molar-refractivity contribution in [3.63, 3.8) is 0 Å². The van der Waals surface area contributed by atoms with Gasteiger partial charge in [0, 0.05) is 6.07 Å². The average Bonchev–Trinajstić information content (AvgIpc) is 2.10. The van der Waals surface area contributed by atoms with Crippen LogP contribution in [0, 0.1) is 11.6 Å². The SMILES string of the molecule is Nc1cc(F)c(C(=O)CBr)cc1F. The molecule has 0 unspecified atom stereocenters. The Kier molecular flexibility index (Phi) is 2.98. The number of nitrogens with two attached hydrogens (primary N) is 1. The molecule has 0 bridgehead atoms. The molecule has 0 amide bonds. The predicted molar refractivity (Wildman–Crippen MR) is 48.9 cm³/mol. The third-order valence-corrected chi connectivity index (χ3v) is 2.02. The summed E-state index contributed by atoms with van der Waals surface area (Å²) in [6.07, 6.45) is 0. The van der Waals surface area contributed by atoms with Crippen LogP contribution < -0.4 is 5.73 Å². The van der Waals surface area contributed by atoms with E-state index in [9.17, 15) is 13.6 Å². The van der Waals surface area contributed by atoms with E-state index in [-0.39, 0.29) is 16.6 Å². The zero-order valence-corrected chi connectivity index (χ0v) is 8.07. The highest BCUT2D eigenvalue weighted by molar-refractivity contribution is 9.09. The molecule has 13 heavy (non-hydrogen) atoms. The van der Waals surface area contributed by atoms with Crippen LogP contribution in [0.15, 0.2) is 12.1 Å². The summed E-state index contributed by atoms with van der Waals surface area (Å²) in [5, 5.41) is -0.0483. The van der Waals surface area contributed by atoms with Gasteiger partial charge in [0.1, 0.15) is 11.6 Å². The second-order valence-corrected chi connectivity index (χ2v) is 2.97. The second-order valence-electron chi connectivity index (χ2n) is 2.41. The highest BCUT2D eigenvalue weighted by Crippen LogP contribution is 2.17. The van der Waals surface area contributed by atoms with Gasteiger partial charge in [-0.25, -0.2) is 8.78 Å². The summed E-state index contributed by atoms with van der Waals surface area (Å²) in [6, 6.07) is 1.60. The smallest absolute Gasteiger partial charge is 0.176 e. The van der Waals surface area contributed by atoms with E-state index in [0.29, 0.717) is 0 Å². The van der Waals surface area contributed by atoms with Gasteiger partial charge in [-0.2, -0.15) is 0 Å². The summed E-state index contributed by atoms with van der Waals surface area (Å²) in [6.45, 7) is 0. The highest BCUT2D eigenvalue weighted by Gasteiger charge is 2.13. The molecule has 0 fully saturated rings. The molecule has 0 saturated carbocycles. The molecule has 70 valence electrons. The summed E-state index contributed by atoms with van der Waals surface area (Å²) in [4.78, 5) is 11.0. The molecule has 0 saturated heterocycles. The normalized spacial score (nSPS) is 10.1. The number of hydrogen-bond acceptors (Lipinski definition) is 2. The van der Waals surface area contributed by atoms with E-state index >= 15 is 0 Å². The number of Topliss-reactive ketones (excluding diaryl/α,β-unsaturated/α-hetero) is 1. The van der Waals surface area contributed by atoms with E-state index in [4.69, 9.17) is 5.73 Å². The molecule has 1 aromatic carbocycles. The maximum Gasteiger partial charge on any atom is 0.176 e. The Hall–Kier alpha value is -0.970. The van der Waals surface area contributed by atoms with Gasteiger partial charge >= 0.3 is 0 Å². The molecular weight excluding hydrogens is 244 g/mol. The van der Waals surface area contributed by atoms with Crippen LogP contribution in [0.1, 0.15) is 10.4 Å². The maximum absolute atomic E-state index is 13.0. The summed E-state index contributed by atoms with van der Waals surface area (Å²) < 4.78 is 25.8. The van der Waals surface area contributed by atoms with Crippen LogP contribution >= 0.6 is 15.9 Å². The maximum atomic E-state index is 13.0. The second kappa shape index (κ2) is 3.83. The Morgan fingerprint density at radius 3 is 2.54 bits per heavy atom. The number of carbonyl (C=O) groups is 1. The molecule has 0 aliphatic heterocycles. The number of nitrogen functional groups attached to an aromatic ring is 1. The van der Waals surface area contributed by atoms with Gasteiger partial charge in [0.05, 0.1) is 16.6 Å². The molecule has 1 rings (SSSR count). The largest absolute Gasteiger partial charge is 0.396 e. The zero-order chi connectivity index (χ0) is 10.0. The van der Waals surface area contributed by atoms with E-state index in [2.05, 4.69) is 15.9 Å². The fourth-order valence-corrected chi connectivity index (χ4v) is 1.15. The number of anilines is 1. The molecular formula is C8H6BrF2NO. The van der Waals surface area contributed by atoms with Crippen LogP contribution in [-0.4, -0.2) is 11.1 Å². The average molecular weight is 250 g/mol. The van der Waals surface area contributed by atoms with Crippen LogP contribution in [0.3, 0.4) is 0 Å². The third kappa shape index (κ3) is 2.03. The first kappa shape index (κ1) is 10.1. The molecule has 0 radical (unpaired) electrons. The monoisotopic (exact) mass is 249 g/mol. The minimum Gasteiger partial charge on any atom is -0.396 e. The van der Waals surface area contributed by atoms with Gasteiger partial charge in [-0.15, -0.1) is 0 Å². The lowest BCUT2D eigenvalue weighted by Crippen LogP contribution is -2.05. The predicted octanol–water partition coefficient (Wildman–Crippen LogP) is 2.12. The van der Waals surface area contributed by atoms with E-state index in [1.807, 2.05) is 0 Å². The molecule has 0 atom stereocenters. The van der Waals surface area contributed by atoms with E-state index in [1.54, 1.807) is 0 Å². The summed E-state index contributed by atoms with van der Waals surface area (Å²) in [7, 11) is 0. The highest BCUT2D eigenvalue weighted by atomic mass is 79.9. The van der Waals surface area contributed by atoms with E-state index in [0.717, 1.165) is 12.1 Å². The van der Waals surface area contributed by atoms with E-state index < -0.39 is 17.4 Å². The molecule has 5 heteroatoms. The minimum atomic E-state index is -0.802. The standard InChI is InChI=1S/C8H6BrF2NO/c9-3-8(13)4-1-6(11)7(12)2-5(4)10/h1-2H,3,12H2. The van der Waals surface area contributed by atoms with Crippen LogP contribution in [0.25, 0.3) is 0 Å². The molecule has 2 N–H and O–H groups in total. The lowest BCUT2D eigenvalue weighted by Gasteiger charge is -2.02. The molecule has 0 aliphatic rings. The van der Waals surface area contributed by atoms with Crippen molar-refractivity contribution in [1.82, 2.24) is 0 Å². The Morgan fingerprint density at radius 2 is 2.00 bits per heavy atom. The first-order chi connectivity index (χ1) is 6.06. The minimum absolute atomic E-state index is 0.0483. The fourth-order valence-electron chi connectivity index (χ4n) is 0.848. The van der Waals surface area contributed by atoms with Crippen LogP contribution in [0.5, 0.6) is 0 Å². The number of carbonyl (C=O) groups excluding carboxylic acids is 1. The Labute approximate surface area is 81.9 Å². The number of halogens is 3. The van der Waals surface area contributed by atoms with Gasteiger partial charge in [-0.3, -0.25) is 4.79 Å². The van der Waals surface area contributed by atoms with Gasteiger partial charge in [0.25, 0.3) is 0 Å². The third-order valence-electron chi connectivity index (χ3n) is 1.51. The Bertz CT molecular complexity index is 354. The topological polar surface area (TPSA) is 43.1 Å². The summed E-state index contributed by atoms with van der Waals surface area (Å²) in [5.41, 5.74) is 4.50. The quantitative estimate of drug-likeness (QED) is 0.496. The molecule has 0 aliphatic carbocycles. The van der Waals surface area contributed by atoms with Crippen LogP contribution in [0.4, 0.5) is 14.5 Å². The van der Waals surface area contributed by atoms with Gasteiger partial charge < -0.3 is 5.73 Å². The van der Waals surface area contributed by atoms with Gasteiger partial charge in [-0.1, -0.05) is 15.9 Å². The fraction of sp³-hybridized carbons (Fsp3) is 0.125. The number of rotatable bonds is 2. The number of alkyl halides is 1. The number of benzene rings is 1. The Morgan fingerprint density at radius 1 is 1.38 bits per heavy atom. The summed E-state index contributed by atoms with van der Waals surface area (Å²) >= 11 is 2.86. The number of hydrogen-bond donors (Lipinski definition) is 1. The molecule has 2 nitrogen and oxygen atoms in total. The van der Waals surface area contributed by atoms with E-state index in [1.165, 1.54) is 0 Å². The van der Waals surface area contributed by atoms with Gasteiger partial charge in [0.15, 0.2) is 5.78 Å². The van der Waals surface area contributed by atoms with Crippen molar-refractivity contribution in [2.45, 2.75) is 0 Å². The molecule has 0 aromatic heterocycles. The van der Waals surface area contributed by atoms with Gasteiger partial charge in [0.2, 0.25) is 0 Å². The van der Waals surface area contributed by atoms with Crippen molar-refractivity contribution in [2.75, 3.05) is 11.1 Å². The lowest BCUT2D eigenvalue weighted by atomic mass is 10.1. The van der Waals surface area contributed by atoms with Crippen molar-refractivity contribution >= 4 is 27.4 Å². The molecule has 1 aromatic rings. The molecule has 0 spiro atoms. The zero-order valence-electron chi connectivity index (χ0n) is 6.48. The first-order valence-electron chi connectivity index (χ1n) is 3.40. The van der Waals surface area contributed by atoms with Crippen molar-refractivity contribution < 1.29 is 13.6 Å². The van der Waals surface area contributed by atoms with Crippen molar-refractivity contribution in [3.05, 3.63) is 29.3 Å². The van der Waals surface area contributed by atoms with Gasteiger partial charge in [-0.05, 0) is 6.07 Å².